The van der Waals surface area contributed by atoms with Gasteiger partial charge in [0.25, 0.3) is 0 Å². The second-order valence-electron chi connectivity index (χ2n) is 10.9. The maximum Gasteiger partial charge on any atom is 0.407 e. The molecule has 1 aliphatic heterocycles. The molecule has 1 aromatic heterocycles. The number of piperidine rings is 1. The number of H-pyrrole nitrogens is 1. The minimum Gasteiger partial charge on any atom is -0.445 e. The van der Waals surface area contributed by atoms with Crippen molar-refractivity contribution < 1.29 is 9.53 Å². The van der Waals surface area contributed by atoms with Crippen LogP contribution in [0.5, 0.6) is 0 Å². The van der Waals surface area contributed by atoms with Crippen molar-refractivity contribution in [1.29, 1.82) is 0 Å². The Bertz CT molecular complexity index is 1150. The summed E-state index contributed by atoms with van der Waals surface area (Å²) in [6.07, 6.45) is 4.04. The standard InChI is InChI=1S/C28H35N3O2/c1-28(2,3)21-12-23-22-10-19(14-30-27(32)33-17-18-8-6-5-7-9-18)16-31(4)25(22)11-20-15-29-24(13-21)26(20)23/h5-9,12-13,15,19,22,25,29H,10-11,14,16-17H2,1-4H3,(H,30,32)/t19?,22-,25-/m1/s1. The number of nitrogens with zero attached hydrogens (tertiary/aromatic N) is 1. The number of fused-ring (bicyclic) bond motifs is 2. The van der Waals surface area contributed by atoms with Crippen molar-refractivity contribution in [3.63, 3.8) is 0 Å². The van der Waals surface area contributed by atoms with E-state index in [2.05, 4.69) is 61.3 Å². The molecule has 33 heavy (non-hydrogen) atoms. The maximum atomic E-state index is 12.3. The Morgan fingerprint density at radius 1 is 1.21 bits per heavy atom. The van der Waals surface area contributed by atoms with Crippen LogP contribution in [0.2, 0.25) is 0 Å². The first-order valence-electron chi connectivity index (χ1n) is 12.1. The highest BCUT2D eigenvalue weighted by molar-refractivity contribution is 5.89. The van der Waals surface area contributed by atoms with Crippen molar-refractivity contribution in [2.45, 2.75) is 57.6 Å². The predicted molar refractivity (Wildman–Crippen MR) is 133 cm³/mol. The molecule has 1 unspecified atom stereocenters. The molecule has 0 spiro atoms. The topological polar surface area (TPSA) is 57.4 Å². The number of aromatic nitrogens is 1. The van der Waals surface area contributed by atoms with Crippen LogP contribution in [0.15, 0.2) is 48.7 Å². The van der Waals surface area contributed by atoms with Gasteiger partial charge in [-0.1, -0.05) is 57.2 Å². The molecule has 0 saturated carbocycles. The van der Waals surface area contributed by atoms with E-state index in [1.165, 1.54) is 27.6 Å². The fourth-order valence-corrected chi connectivity index (χ4v) is 5.71. The Labute approximate surface area is 196 Å². The van der Waals surface area contributed by atoms with Gasteiger partial charge in [0.15, 0.2) is 0 Å². The first-order valence-corrected chi connectivity index (χ1v) is 12.1. The van der Waals surface area contributed by atoms with Crippen LogP contribution < -0.4 is 5.32 Å². The molecule has 5 rings (SSSR count). The van der Waals surface area contributed by atoms with E-state index < -0.39 is 0 Å². The van der Waals surface area contributed by atoms with E-state index in [0.29, 0.717) is 31.0 Å². The van der Waals surface area contributed by atoms with E-state index in [9.17, 15) is 4.79 Å². The van der Waals surface area contributed by atoms with Gasteiger partial charge in [-0.2, -0.15) is 0 Å². The van der Waals surface area contributed by atoms with E-state index in [1.807, 2.05) is 30.3 Å². The number of likely N-dealkylation sites (N-methyl/N-ethyl adjacent to an activating group) is 1. The van der Waals surface area contributed by atoms with Crippen molar-refractivity contribution in [1.82, 2.24) is 15.2 Å². The van der Waals surface area contributed by atoms with Gasteiger partial charge in [-0.05, 0) is 59.5 Å². The molecule has 0 radical (unpaired) electrons. The minimum atomic E-state index is -0.336. The Balaban J connectivity index is 1.30. The Hall–Kier alpha value is -2.79. The summed E-state index contributed by atoms with van der Waals surface area (Å²) in [5.74, 6) is 0.873. The highest BCUT2D eigenvalue weighted by atomic mass is 16.5. The molecule has 1 saturated heterocycles. The van der Waals surface area contributed by atoms with Crippen LogP contribution in [0.25, 0.3) is 10.9 Å². The highest BCUT2D eigenvalue weighted by Crippen LogP contribution is 2.45. The number of rotatable bonds is 4. The Kier molecular flexibility index (Phi) is 5.69. The smallest absolute Gasteiger partial charge is 0.407 e. The SMILES string of the molecule is CN1CC(CNC(=O)OCc2ccccc2)C[C@@H]2c3cc(C(C)(C)C)cc4[nH]cc(c34)C[C@H]21. The third kappa shape index (κ3) is 4.39. The quantitative estimate of drug-likeness (QED) is 0.569. The van der Waals surface area contributed by atoms with E-state index in [-0.39, 0.29) is 11.5 Å². The number of aromatic amines is 1. The minimum absolute atomic E-state index is 0.104. The number of benzene rings is 2. The lowest BCUT2D eigenvalue weighted by Gasteiger charge is -2.46. The number of hydrogen-bond acceptors (Lipinski definition) is 3. The maximum absolute atomic E-state index is 12.3. The van der Waals surface area contributed by atoms with Crippen molar-refractivity contribution in [3.8, 4) is 0 Å². The van der Waals surface area contributed by atoms with E-state index >= 15 is 0 Å². The monoisotopic (exact) mass is 445 g/mol. The summed E-state index contributed by atoms with van der Waals surface area (Å²) in [6.45, 7) is 8.78. The summed E-state index contributed by atoms with van der Waals surface area (Å²) >= 11 is 0. The van der Waals surface area contributed by atoms with Crippen molar-refractivity contribution >= 4 is 17.0 Å². The van der Waals surface area contributed by atoms with Crippen molar-refractivity contribution in [2.24, 2.45) is 5.92 Å². The molecular formula is C28H35N3O2. The zero-order chi connectivity index (χ0) is 23.2. The average Bonchev–Trinajstić information content (AvgIpc) is 3.21. The molecular weight excluding hydrogens is 410 g/mol. The van der Waals surface area contributed by atoms with Gasteiger partial charge in [-0.3, -0.25) is 0 Å². The molecule has 3 atom stereocenters. The number of carbonyl (C=O) groups is 1. The Morgan fingerprint density at radius 2 is 2.00 bits per heavy atom. The van der Waals surface area contributed by atoms with Crippen LogP contribution in [0.1, 0.15) is 55.4 Å². The normalized spacial score (nSPS) is 22.7. The van der Waals surface area contributed by atoms with Gasteiger partial charge in [0.05, 0.1) is 0 Å². The van der Waals surface area contributed by atoms with E-state index in [1.54, 1.807) is 0 Å². The molecule has 5 nitrogen and oxygen atoms in total. The first kappa shape index (κ1) is 22.0. The molecule has 5 heteroatoms. The molecule has 1 fully saturated rings. The average molecular weight is 446 g/mol. The van der Waals surface area contributed by atoms with Crippen LogP contribution in [-0.4, -0.2) is 42.2 Å². The number of carbonyl (C=O) groups excluding carboxylic acids is 1. The fourth-order valence-electron chi connectivity index (χ4n) is 5.71. The van der Waals surface area contributed by atoms with Crippen molar-refractivity contribution in [2.75, 3.05) is 20.1 Å². The van der Waals surface area contributed by atoms with Gasteiger partial charge in [-0.25, -0.2) is 4.79 Å². The molecule has 2 N–H and O–H groups in total. The first-order chi connectivity index (χ1) is 15.8. The summed E-state index contributed by atoms with van der Waals surface area (Å²) < 4.78 is 5.42. The zero-order valence-corrected chi connectivity index (χ0v) is 20.2. The van der Waals surface area contributed by atoms with E-state index in [4.69, 9.17) is 4.74 Å². The largest absolute Gasteiger partial charge is 0.445 e. The number of hydrogen-bond donors (Lipinski definition) is 2. The zero-order valence-electron chi connectivity index (χ0n) is 20.2. The molecule has 3 aromatic rings. The molecule has 0 bridgehead atoms. The van der Waals surface area contributed by atoms with Crippen LogP contribution >= 0.6 is 0 Å². The van der Waals surface area contributed by atoms with Crippen LogP contribution in [0.4, 0.5) is 4.79 Å². The van der Waals surface area contributed by atoms with Gasteiger partial charge >= 0.3 is 6.09 Å². The van der Waals surface area contributed by atoms with Gasteiger partial charge in [0.1, 0.15) is 6.61 Å². The number of alkyl carbamates (subject to hydrolysis) is 1. The third-order valence-corrected chi connectivity index (χ3v) is 7.50. The second-order valence-corrected chi connectivity index (χ2v) is 10.9. The lowest BCUT2D eigenvalue weighted by Crippen LogP contribution is -2.50. The molecule has 1 aliphatic carbocycles. The van der Waals surface area contributed by atoms with Crippen LogP contribution in [0, 0.1) is 5.92 Å². The number of ether oxygens (including phenoxy) is 1. The summed E-state index contributed by atoms with van der Waals surface area (Å²) in [7, 11) is 2.24. The third-order valence-electron chi connectivity index (χ3n) is 7.50. The summed E-state index contributed by atoms with van der Waals surface area (Å²) in [5.41, 5.74) is 6.67. The lowest BCUT2D eigenvalue weighted by molar-refractivity contribution is 0.104. The number of nitrogens with one attached hydrogen (secondary N) is 2. The summed E-state index contributed by atoms with van der Waals surface area (Å²) in [5, 5.41) is 4.44. The fraction of sp³-hybridized carbons (Fsp3) is 0.464. The van der Waals surface area contributed by atoms with Gasteiger partial charge in [0, 0.05) is 42.1 Å². The number of likely N-dealkylation sites (tertiary alicyclic amines) is 1. The Morgan fingerprint density at radius 3 is 2.76 bits per heavy atom. The van der Waals surface area contributed by atoms with Gasteiger partial charge in [0.2, 0.25) is 0 Å². The highest BCUT2D eigenvalue weighted by Gasteiger charge is 2.40. The van der Waals surface area contributed by atoms with E-state index in [0.717, 1.165) is 24.9 Å². The summed E-state index contributed by atoms with van der Waals surface area (Å²) in [4.78, 5) is 18.4. The van der Waals surface area contributed by atoms with Crippen LogP contribution in [-0.2, 0) is 23.2 Å². The van der Waals surface area contributed by atoms with Crippen LogP contribution in [0.3, 0.4) is 0 Å². The molecule has 2 aromatic carbocycles. The summed E-state index contributed by atoms with van der Waals surface area (Å²) in [6, 6.07) is 15.1. The van der Waals surface area contributed by atoms with Gasteiger partial charge < -0.3 is 19.9 Å². The molecule has 174 valence electrons. The molecule has 2 heterocycles. The predicted octanol–water partition coefficient (Wildman–Crippen LogP) is 5.35. The lowest BCUT2D eigenvalue weighted by atomic mass is 9.71. The van der Waals surface area contributed by atoms with Gasteiger partial charge in [-0.15, -0.1) is 0 Å². The number of amides is 1. The molecule has 2 aliphatic rings. The van der Waals surface area contributed by atoms with Crippen molar-refractivity contribution in [3.05, 3.63) is 70.9 Å². The second kappa shape index (κ2) is 8.53. The molecule has 1 amide bonds.